The molecule has 1 nitrogen and oxygen atoms in total. The SMILES string of the molecule is CCCCCC(Cc1cc(F)ccc1Br)NC. The number of halogens is 2. The highest BCUT2D eigenvalue weighted by atomic mass is 79.9. The summed E-state index contributed by atoms with van der Waals surface area (Å²) in [7, 11) is 1.98. The van der Waals surface area contributed by atoms with Gasteiger partial charge in [-0.2, -0.15) is 0 Å². The summed E-state index contributed by atoms with van der Waals surface area (Å²) in [6.45, 7) is 2.21. The number of rotatable bonds is 7. The van der Waals surface area contributed by atoms with Crippen molar-refractivity contribution in [3.63, 3.8) is 0 Å². The van der Waals surface area contributed by atoms with Crippen molar-refractivity contribution in [2.75, 3.05) is 7.05 Å². The van der Waals surface area contributed by atoms with Gasteiger partial charge in [-0.15, -0.1) is 0 Å². The minimum atomic E-state index is -0.161. The van der Waals surface area contributed by atoms with E-state index in [1.807, 2.05) is 7.05 Å². The summed E-state index contributed by atoms with van der Waals surface area (Å²) in [5, 5.41) is 3.31. The molecule has 0 spiro atoms. The van der Waals surface area contributed by atoms with E-state index < -0.39 is 0 Å². The Bertz CT molecular complexity index is 341. The molecule has 0 heterocycles. The first-order valence-electron chi connectivity index (χ1n) is 6.28. The van der Waals surface area contributed by atoms with Gasteiger partial charge >= 0.3 is 0 Å². The topological polar surface area (TPSA) is 12.0 Å². The molecule has 1 N–H and O–H groups in total. The van der Waals surface area contributed by atoms with Crippen LogP contribution in [0.1, 0.15) is 38.2 Å². The highest BCUT2D eigenvalue weighted by molar-refractivity contribution is 9.10. The Morgan fingerprint density at radius 3 is 2.76 bits per heavy atom. The molecule has 1 aromatic carbocycles. The van der Waals surface area contributed by atoms with E-state index >= 15 is 0 Å². The zero-order valence-corrected chi connectivity index (χ0v) is 12.2. The fraction of sp³-hybridized carbons (Fsp3) is 0.571. The Morgan fingerprint density at radius 2 is 2.12 bits per heavy atom. The second-order valence-electron chi connectivity index (χ2n) is 4.42. The molecule has 0 aliphatic heterocycles. The predicted molar refractivity (Wildman–Crippen MR) is 74.8 cm³/mol. The fourth-order valence-electron chi connectivity index (χ4n) is 1.95. The molecule has 0 radical (unpaired) electrons. The van der Waals surface area contributed by atoms with Crippen molar-refractivity contribution in [1.29, 1.82) is 0 Å². The third-order valence-electron chi connectivity index (χ3n) is 3.04. The molecule has 0 aromatic heterocycles. The fourth-order valence-corrected chi connectivity index (χ4v) is 2.36. The second-order valence-corrected chi connectivity index (χ2v) is 5.28. The molecule has 0 saturated carbocycles. The molecule has 0 amide bonds. The van der Waals surface area contributed by atoms with Crippen LogP contribution in [0.4, 0.5) is 4.39 Å². The van der Waals surface area contributed by atoms with Crippen LogP contribution in [0.3, 0.4) is 0 Å². The summed E-state index contributed by atoms with van der Waals surface area (Å²) >= 11 is 3.48. The molecule has 0 saturated heterocycles. The Balaban J connectivity index is 2.57. The molecule has 96 valence electrons. The van der Waals surface area contributed by atoms with Gasteiger partial charge in [0.25, 0.3) is 0 Å². The van der Waals surface area contributed by atoms with Crippen molar-refractivity contribution in [2.24, 2.45) is 0 Å². The lowest BCUT2D eigenvalue weighted by molar-refractivity contribution is 0.488. The van der Waals surface area contributed by atoms with E-state index in [0.29, 0.717) is 6.04 Å². The molecule has 1 atom stereocenters. The van der Waals surface area contributed by atoms with Gasteiger partial charge in [0.1, 0.15) is 5.82 Å². The van der Waals surface area contributed by atoms with E-state index in [1.165, 1.54) is 25.3 Å². The normalized spacial score (nSPS) is 12.7. The monoisotopic (exact) mass is 301 g/mol. The maximum absolute atomic E-state index is 13.2. The Labute approximate surface area is 112 Å². The molecule has 1 rings (SSSR count). The first-order valence-corrected chi connectivity index (χ1v) is 7.07. The first-order chi connectivity index (χ1) is 8.17. The van der Waals surface area contributed by atoms with Crippen LogP contribution in [-0.4, -0.2) is 13.1 Å². The van der Waals surface area contributed by atoms with Gasteiger partial charge < -0.3 is 5.32 Å². The minimum absolute atomic E-state index is 0.161. The van der Waals surface area contributed by atoms with Crippen LogP contribution in [0.2, 0.25) is 0 Å². The Morgan fingerprint density at radius 1 is 1.35 bits per heavy atom. The van der Waals surface area contributed by atoms with Crippen LogP contribution >= 0.6 is 15.9 Å². The van der Waals surface area contributed by atoms with Gasteiger partial charge in [0, 0.05) is 10.5 Å². The number of unbranched alkanes of at least 4 members (excludes halogenated alkanes) is 2. The summed E-state index contributed by atoms with van der Waals surface area (Å²) in [6, 6.07) is 5.32. The third kappa shape index (κ3) is 5.17. The van der Waals surface area contributed by atoms with Gasteiger partial charge in [0.2, 0.25) is 0 Å². The van der Waals surface area contributed by atoms with Crippen molar-refractivity contribution in [2.45, 2.75) is 45.1 Å². The van der Waals surface area contributed by atoms with Gasteiger partial charge in [-0.3, -0.25) is 0 Å². The van der Waals surface area contributed by atoms with Crippen LogP contribution in [0.5, 0.6) is 0 Å². The first kappa shape index (κ1) is 14.7. The summed E-state index contributed by atoms with van der Waals surface area (Å²) in [4.78, 5) is 0. The second kappa shape index (κ2) is 7.83. The third-order valence-corrected chi connectivity index (χ3v) is 3.81. The van der Waals surface area contributed by atoms with E-state index in [2.05, 4.69) is 28.2 Å². The van der Waals surface area contributed by atoms with Crippen LogP contribution in [0.25, 0.3) is 0 Å². The molecular weight excluding hydrogens is 281 g/mol. The number of hydrogen-bond acceptors (Lipinski definition) is 1. The quantitative estimate of drug-likeness (QED) is 0.741. The van der Waals surface area contributed by atoms with E-state index in [1.54, 1.807) is 12.1 Å². The Hall–Kier alpha value is -0.410. The van der Waals surface area contributed by atoms with Crippen LogP contribution < -0.4 is 5.32 Å². The number of nitrogens with one attached hydrogen (secondary N) is 1. The molecule has 0 bridgehead atoms. The van der Waals surface area contributed by atoms with E-state index in [-0.39, 0.29) is 5.82 Å². The molecule has 3 heteroatoms. The van der Waals surface area contributed by atoms with Crippen molar-refractivity contribution in [1.82, 2.24) is 5.32 Å². The van der Waals surface area contributed by atoms with Crippen molar-refractivity contribution in [3.8, 4) is 0 Å². The molecule has 1 aromatic rings. The molecular formula is C14H21BrFN. The maximum Gasteiger partial charge on any atom is 0.123 e. The Kier molecular flexibility index (Phi) is 6.75. The van der Waals surface area contributed by atoms with Gasteiger partial charge in [0.05, 0.1) is 0 Å². The molecule has 17 heavy (non-hydrogen) atoms. The lowest BCUT2D eigenvalue weighted by Crippen LogP contribution is -2.27. The van der Waals surface area contributed by atoms with Crippen LogP contribution in [-0.2, 0) is 6.42 Å². The summed E-state index contributed by atoms with van der Waals surface area (Å²) in [5.41, 5.74) is 1.04. The zero-order valence-electron chi connectivity index (χ0n) is 10.6. The molecule has 0 aliphatic rings. The minimum Gasteiger partial charge on any atom is -0.317 e. The predicted octanol–water partition coefficient (Wildman–Crippen LogP) is 4.30. The highest BCUT2D eigenvalue weighted by Gasteiger charge is 2.10. The summed E-state index contributed by atoms with van der Waals surface area (Å²) in [6.07, 6.45) is 5.75. The molecule has 0 fully saturated rings. The van der Waals surface area contributed by atoms with Crippen molar-refractivity contribution < 1.29 is 4.39 Å². The van der Waals surface area contributed by atoms with Gasteiger partial charge in [0.15, 0.2) is 0 Å². The largest absolute Gasteiger partial charge is 0.317 e. The van der Waals surface area contributed by atoms with Crippen molar-refractivity contribution in [3.05, 3.63) is 34.1 Å². The maximum atomic E-state index is 13.2. The highest BCUT2D eigenvalue weighted by Crippen LogP contribution is 2.20. The van der Waals surface area contributed by atoms with E-state index in [9.17, 15) is 4.39 Å². The average Bonchev–Trinajstić information content (AvgIpc) is 2.32. The number of benzene rings is 1. The smallest absolute Gasteiger partial charge is 0.123 e. The molecule has 0 aliphatic carbocycles. The number of likely N-dealkylation sites (N-methyl/N-ethyl adjacent to an activating group) is 1. The zero-order chi connectivity index (χ0) is 12.7. The van der Waals surface area contributed by atoms with Gasteiger partial charge in [-0.25, -0.2) is 4.39 Å². The van der Waals surface area contributed by atoms with Gasteiger partial charge in [-0.1, -0.05) is 42.1 Å². The van der Waals surface area contributed by atoms with Crippen molar-refractivity contribution >= 4 is 15.9 Å². The van der Waals surface area contributed by atoms with E-state index in [4.69, 9.17) is 0 Å². The van der Waals surface area contributed by atoms with Crippen LogP contribution in [0, 0.1) is 5.82 Å². The lowest BCUT2D eigenvalue weighted by Gasteiger charge is -2.17. The van der Waals surface area contributed by atoms with E-state index in [0.717, 1.165) is 22.9 Å². The average molecular weight is 302 g/mol. The summed E-state index contributed by atoms with van der Waals surface area (Å²) < 4.78 is 14.2. The number of hydrogen-bond donors (Lipinski definition) is 1. The molecule has 1 unspecified atom stereocenters. The summed E-state index contributed by atoms with van der Waals surface area (Å²) in [5.74, 6) is -0.161. The lowest BCUT2D eigenvalue weighted by atomic mass is 10.0. The standard InChI is InChI=1S/C14H21BrFN/c1-3-4-5-6-13(17-2)10-11-9-12(16)7-8-14(11)15/h7-9,13,17H,3-6,10H2,1-2H3. The van der Waals surface area contributed by atoms with Gasteiger partial charge in [-0.05, 0) is 43.7 Å². The van der Waals surface area contributed by atoms with Crippen LogP contribution in [0.15, 0.2) is 22.7 Å².